The van der Waals surface area contributed by atoms with E-state index in [9.17, 15) is 4.79 Å². The lowest BCUT2D eigenvalue weighted by Crippen LogP contribution is -2.36. The molecule has 3 heterocycles. The molecule has 0 spiro atoms. The molecule has 7 nitrogen and oxygen atoms in total. The molecule has 28 heavy (non-hydrogen) atoms. The van der Waals surface area contributed by atoms with Gasteiger partial charge in [-0.05, 0) is 43.3 Å². The van der Waals surface area contributed by atoms with Crippen LogP contribution in [0, 0.1) is 6.92 Å². The van der Waals surface area contributed by atoms with E-state index in [1.165, 1.54) is 0 Å². The van der Waals surface area contributed by atoms with Crippen LogP contribution >= 0.6 is 0 Å². The van der Waals surface area contributed by atoms with Gasteiger partial charge in [-0.15, -0.1) is 10.2 Å². The summed E-state index contributed by atoms with van der Waals surface area (Å²) in [6, 6.07) is 15.0. The topological polar surface area (TPSA) is 80.5 Å². The number of furan rings is 1. The average molecular weight is 378 g/mol. The second-order valence-electron chi connectivity index (χ2n) is 6.65. The van der Waals surface area contributed by atoms with Crippen LogP contribution in [-0.4, -0.2) is 42.4 Å². The number of hydrogen-bond donors (Lipinski definition) is 1. The molecule has 1 aliphatic rings. The van der Waals surface area contributed by atoms with Crippen molar-refractivity contribution >= 4 is 11.7 Å². The third-order valence-corrected chi connectivity index (χ3v) is 4.63. The summed E-state index contributed by atoms with van der Waals surface area (Å²) >= 11 is 0. The van der Waals surface area contributed by atoms with Crippen LogP contribution < -0.4 is 10.2 Å². The first kappa shape index (κ1) is 18.2. The minimum Gasteiger partial charge on any atom is -0.465 e. The van der Waals surface area contributed by atoms with Crippen molar-refractivity contribution in [2.75, 3.05) is 31.2 Å². The number of amides is 1. The van der Waals surface area contributed by atoms with Crippen molar-refractivity contribution in [1.29, 1.82) is 0 Å². The fourth-order valence-corrected chi connectivity index (χ4v) is 3.11. The zero-order valence-electron chi connectivity index (χ0n) is 15.7. The van der Waals surface area contributed by atoms with E-state index in [-0.39, 0.29) is 5.91 Å². The smallest absolute Gasteiger partial charge is 0.251 e. The lowest BCUT2D eigenvalue weighted by molar-refractivity contribution is 0.0948. The van der Waals surface area contributed by atoms with Crippen molar-refractivity contribution in [3.8, 4) is 11.3 Å². The first-order valence-corrected chi connectivity index (χ1v) is 9.29. The molecule has 3 aromatic rings. The Labute approximate surface area is 163 Å². The monoisotopic (exact) mass is 378 g/mol. The Kier molecular flexibility index (Phi) is 5.34. The van der Waals surface area contributed by atoms with Gasteiger partial charge in [0.05, 0.1) is 25.5 Å². The number of morpholine rings is 1. The van der Waals surface area contributed by atoms with Crippen molar-refractivity contribution in [2.45, 2.75) is 13.5 Å². The minimum atomic E-state index is -0.159. The molecule has 0 unspecified atom stereocenters. The zero-order valence-corrected chi connectivity index (χ0v) is 15.7. The summed E-state index contributed by atoms with van der Waals surface area (Å²) in [5.74, 6) is 2.24. The van der Waals surface area contributed by atoms with Gasteiger partial charge >= 0.3 is 0 Å². The minimum absolute atomic E-state index is 0.159. The molecule has 0 bridgehead atoms. The Balaban J connectivity index is 1.44. The van der Waals surface area contributed by atoms with Gasteiger partial charge in [0, 0.05) is 24.2 Å². The molecule has 0 atom stereocenters. The average Bonchev–Trinajstić information content (AvgIpc) is 3.18. The van der Waals surface area contributed by atoms with Crippen LogP contribution in [0.3, 0.4) is 0 Å². The molecule has 4 rings (SSSR count). The number of rotatable bonds is 5. The number of ether oxygens (including phenoxy) is 1. The van der Waals surface area contributed by atoms with E-state index in [0.29, 0.717) is 25.3 Å². The molecule has 2 aromatic heterocycles. The quantitative estimate of drug-likeness (QED) is 0.735. The summed E-state index contributed by atoms with van der Waals surface area (Å²) in [6.07, 6.45) is 0. The van der Waals surface area contributed by atoms with Crippen LogP contribution in [0.4, 0.5) is 5.82 Å². The first-order chi connectivity index (χ1) is 13.7. The summed E-state index contributed by atoms with van der Waals surface area (Å²) in [5.41, 5.74) is 2.15. The molecular formula is C21H22N4O3. The van der Waals surface area contributed by atoms with E-state index in [1.807, 2.05) is 49.4 Å². The largest absolute Gasteiger partial charge is 0.465 e. The molecule has 1 fully saturated rings. The van der Waals surface area contributed by atoms with Crippen molar-refractivity contribution in [3.63, 3.8) is 0 Å². The highest BCUT2D eigenvalue weighted by Crippen LogP contribution is 2.20. The third-order valence-electron chi connectivity index (χ3n) is 4.63. The van der Waals surface area contributed by atoms with E-state index in [0.717, 1.165) is 41.7 Å². The first-order valence-electron chi connectivity index (χ1n) is 9.29. The molecule has 1 N–H and O–H groups in total. The zero-order chi connectivity index (χ0) is 19.3. The van der Waals surface area contributed by atoms with Crippen LogP contribution in [0.25, 0.3) is 11.3 Å². The second-order valence-corrected chi connectivity index (χ2v) is 6.65. The summed E-state index contributed by atoms with van der Waals surface area (Å²) in [6.45, 7) is 5.28. The Bertz CT molecular complexity index is 946. The fourth-order valence-electron chi connectivity index (χ4n) is 3.11. The summed E-state index contributed by atoms with van der Waals surface area (Å²) < 4.78 is 10.8. The van der Waals surface area contributed by atoms with Crippen LogP contribution in [0.2, 0.25) is 0 Å². The van der Waals surface area contributed by atoms with Gasteiger partial charge < -0.3 is 19.4 Å². The number of carbonyl (C=O) groups is 1. The summed E-state index contributed by atoms with van der Waals surface area (Å²) in [7, 11) is 0. The Morgan fingerprint density at radius 3 is 2.68 bits per heavy atom. The maximum absolute atomic E-state index is 12.5. The highest BCUT2D eigenvalue weighted by molar-refractivity contribution is 5.95. The number of nitrogens with one attached hydrogen (secondary N) is 1. The predicted octanol–water partition coefficient (Wildman–Crippen LogP) is 2.81. The van der Waals surface area contributed by atoms with Crippen LogP contribution in [-0.2, 0) is 11.3 Å². The molecule has 0 saturated carbocycles. The lowest BCUT2D eigenvalue weighted by Gasteiger charge is -2.27. The van der Waals surface area contributed by atoms with Gasteiger partial charge in [0.2, 0.25) is 0 Å². The van der Waals surface area contributed by atoms with E-state index in [1.54, 1.807) is 6.07 Å². The molecule has 7 heteroatoms. The Morgan fingerprint density at radius 1 is 1.11 bits per heavy atom. The number of benzene rings is 1. The van der Waals surface area contributed by atoms with Crippen molar-refractivity contribution < 1.29 is 13.9 Å². The number of hydrogen-bond acceptors (Lipinski definition) is 6. The molecule has 1 saturated heterocycles. The number of aromatic nitrogens is 2. The van der Waals surface area contributed by atoms with Gasteiger partial charge in [-0.2, -0.15) is 0 Å². The number of anilines is 1. The molecule has 0 aliphatic carbocycles. The van der Waals surface area contributed by atoms with Gasteiger partial charge in [-0.1, -0.05) is 12.1 Å². The lowest BCUT2D eigenvalue weighted by atomic mass is 10.1. The van der Waals surface area contributed by atoms with Crippen molar-refractivity contribution in [3.05, 3.63) is 65.6 Å². The van der Waals surface area contributed by atoms with Crippen molar-refractivity contribution in [1.82, 2.24) is 15.5 Å². The van der Waals surface area contributed by atoms with Crippen LogP contribution in [0.1, 0.15) is 21.9 Å². The molecule has 1 aromatic carbocycles. The molecule has 1 amide bonds. The maximum atomic E-state index is 12.5. The van der Waals surface area contributed by atoms with Gasteiger partial charge in [0.25, 0.3) is 5.91 Å². The summed E-state index contributed by atoms with van der Waals surface area (Å²) in [4.78, 5) is 14.6. The number of aryl methyl sites for hydroxylation is 1. The van der Waals surface area contributed by atoms with Gasteiger partial charge in [-0.25, -0.2) is 0 Å². The molecule has 1 aliphatic heterocycles. The molecule has 0 radical (unpaired) electrons. The summed E-state index contributed by atoms with van der Waals surface area (Å²) in [5, 5.41) is 11.6. The molecule has 144 valence electrons. The Hall–Kier alpha value is -3.19. The normalized spacial score (nSPS) is 14.1. The SMILES string of the molecule is Cc1ccc(CNC(=O)c2cccc(-c3ccc(N4CCOCC4)nn3)c2)o1. The fraction of sp³-hybridized carbons (Fsp3) is 0.286. The predicted molar refractivity (Wildman–Crippen MR) is 105 cm³/mol. The standard InChI is InChI=1S/C21H22N4O3/c1-15-5-6-18(28-15)14-22-21(26)17-4-2-3-16(13-17)19-7-8-20(24-23-19)25-9-11-27-12-10-25/h2-8,13H,9-12,14H2,1H3,(H,22,26). The van der Waals surface area contributed by atoms with Gasteiger partial charge in [-0.3, -0.25) is 4.79 Å². The van der Waals surface area contributed by atoms with E-state index in [2.05, 4.69) is 20.4 Å². The van der Waals surface area contributed by atoms with E-state index < -0.39 is 0 Å². The second kappa shape index (κ2) is 8.22. The number of nitrogens with zero attached hydrogens (tertiary/aromatic N) is 3. The van der Waals surface area contributed by atoms with E-state index >= 15 is 0 Å². The Morgan fingerprint density at radius 2 is 1.96 bits per heavy atom. The van der Waals surface area contributed by atoms with Gasteiger partial charge in [0.15, 0.2) is 5.82 Å². The highest BCUT2D eigenvalue weighted by Gasteiger charge is 2.14. The molecular weight excluding hydrogens is 356 g/mol. The highest BCUT2D eigenvalue weighted by atomic mass is 16.5. The van der Waals surface area contributed by atoms with Gasteiger partial charge in [0.1, 0.15) is 11.5 Å². The van der Waals surface area contributed by atoms with Crippen LogP contribution in [0.15, 0.2) is 52.9 Å². The number of carbonyl (C=O) groups excluding carboxylic acids is 1. The maximum Gasteiger partial charge on any atom is 0.251 e. The van der Waals surface area contributed by atoms with E-state index in [4.69, 9.17) is 9.15 Å². The van der Waals surface area contributed by atoms with Crippen LogP contribution in [0.5, 0.6) is 0 Å². The third kappa shape index (κ3) is 4.20. The van der Waals surface area contributed by atoms with Crippen molar-refractivity contribution in [2.24, 2.45) is 0 Å².